The molecule has 12 nitrogen and oxygen atoms in total. The third kappa shape index (κ3) is 8.84. The minimum atomic E-state index is -5.00. The Morgan fingerprint density at radius 2 is 1.40 bits per heavy atom. The summed E-state index contributed by atoms with van der Waals surface area (Å²) in [6.45, 7) is -0.814. The molecule has 0 aliphatic rings. The van der Waals surface area contributed by atoms with Gasteiger partial charge >= 0.3 is 59.1 Å². The number of benzene rings is 3. The van der Waals surface area contributed by atoms with Gasteiger partial charge < -0.3 is 14.8 Å². The van der Waals surface area contributed by atoms with E-state index >= 15 is 0 Å². The predicted octanol–water partition coefficient (Wildman–Crippen LogP) is -4.00. The number of azo groups is 1. The zero-order chi connectivity index (χ0) is 24.4. The van der Waals surface area contributed by atoms with Crippen molar-refractivity contribution in [2.45, 2.75) is 9.79 Å². The van der Waals surface area contributed by atoms with Crippen LogP contribution in [0, 0.1) is 0 Å². The van der Waals surface area contributed by atoms with E-state index in [1.807, 2.05) is 0 Å². The van der Waals surface area contributed by atoms with Gasteiger partial charge in [0.1, 0.15) is 15.8 Å². The Hall–Kier alpha value is -0.950. The first kappa shape index (κ1) is 32.1. The van der Waals surface area contributed by atoms with E-state index in [0.717, 1.165) is 6.07 Å². The zero-order valence-electron chi connectivity index (χ0n) is 18.5. The van der Waals surface area contributed by atoms with Crippen LogP contribution in [0.2, 0.25) is 0 Å². The fourth-order valence-corrected chi connectivity index (χ4v) is 4.76. The molecule has 0 aromatic heterocycles. The maximum atomic E-state index is 12.2. The van der Waals surface area contributed by atoms with Gasteiger partial charge in [0.05, 0.1) is 33.5 Å². The van der Waals surface area contributed by atoms with Gasteiger partial charge in [-0.05, 0) is 47.9 Å². The average molecular weight is 560 g/mol. The molecular weight excluding hydrogens is 544 g/mol. The Morgan fingerprint density at radius 1 is 0.800 bits per heavy atom. The molecule has 3 aromatic rings. The van der Waals surface area contributed by atoms with Crippen molar-refractivity contribution < 1.29 is 97.7 Å². The summed E-state index contributed by atoms with van der Waals surface area (Å²) >= 11 is 0. The van der Waals surface area contributed by atoms with E-state index < -0.39 is 47.6 Å². The van der Waals surface area contributed by atoms with Crippen LogP contribution in [0.5, 0.6) is 0 Å². The maximum Gasteiger partial charge on any atom is 1.00 e. The normalized spacial score (nSPS) is 12.3. The molecule has 3 aromatic carbocycles. The number of fused-ring (bicyclic) bond motifs is 1. The van der Waals surface area contributed by atoms with E-state index in [0.29, 0.717) is 10.8 Å². The quantitative estimate of drug-likeness (QED) is 0.0929. The van der Waals surface area contributed by atoms with Crippen LogP contribution in [0.1, 0.15) is 0 Å². The molecule has 3 rings (SSSR count). The number of hydrogen-bond acceptors (Lipinski definition) is 12. The molecule has 0 amide bonds. The van der Waals surface area contributed by atoms with E-state index in [9.17, 15) is 34.4 Å². The molecule has 0 aliphatic heterocycles. The van der Waals surface area contributed by atoms with E-state index in [4.69, 9.17) is 5.73 Å². The molecular formula is C18H15N3Na2O9S3. The molecule has 0 spiro atoms. The average Bonchev–Trinajstić information content (AvgIpc) is 2.71. The minimum Gasteiger partial charge on any atom is -0.744 e. The number of nitrogens with two attached hydrogens (primary N) is 1. The first-order valence-electron chi connectivity index (χ1n) is 8.89. The minimum absolute atomic E-state index is 0. The molecule has 0 aliphatic carbocycles. The molecule has 2 N–H and O–H groups in total. The van der Waals surface area contributed by atoms with Gasteiger partial charge in [-0.2, -0.15) is 5.11 Å². The summed E-state index contributed by atoms with van der Waals surface area (Å²) < 4.78 is 93.2. The second-order valence-corrected chi connectivity index (χ2v) is 11.1. The van der Waals surface area contributed by atoms with Crippen molar-refractivity contribution in [1.82, 2.24) is 0 Å². The molecule has 176 valence electrons. The van der Waals surface area contributed by atoms with Crippen LogP contribution in [-0.2, 0) is 34.5 Å². The second-order valence-electron chi connectivity index (χ2n) is 6.58. The predicted molar refractivity (Wildman–Crippen MR) is 115 cm³/mol. The third-order valence-corrected chi connectivity index (χ3v) is 7.30. The smallest absolute Gasteiger partial charge is 0.744 e. The Balaban J connectivity index is 0.00000306. The molecule has 0 saturated heterocycles. The topological polar surface area (TPSA) is 209 Å². The number of hydrogen-bond donors (Lipinski definition) is 1. The molecule has 0 radical (unpaired) electrons. The number of nitrogens with zero attached hydrogens (tertiary/aromatic N) is 2. The summed E-state index contributed by atoms with van der Waals surface area (Å²) in [5.74, 6) is -0.719. The van der Waals surface area contributed by atoms with E-state index in [-0.39, 0.29) is 81.1 Å². The molecule has 0 saturated carbocycles. The standard InChI is InChI=1S/C18H17N3O9S3.2Na/c19-17-8-1-12-11-15(32(24,25)26)6-7-16(12)18(17)21-20-13-2-4-14(5-3-13)31(22,23)10-9-30-33(27,28)29;;/h1-8,11H,9-10,19H2,(H,24,25,26)(H,27,28,29);;/q;2*+1/p-2. The molecule has 0 atom stereocenters. The summed E-state index contributed by atoms with van der Waals surface area (Å²) in [7, 11) is -13.5. The van der Waals surface area contributed by atoms with Gasteiger partial charge in [0.2, 0.25) is 10.4 Å². The molecule has 35 heavy (non-hydrogen) atoms. The Kier molecular flexibility index (Phi) is 11.5. The van der Waals surface area contributed by atoms with Crippen LogP contribution < -0.4 is 64.8 Å². The summed E-state index contributed by atoms with van der Waals surface area (Å²) in [5, 5.41) is 8.91. The van der Waals surface area contributed by atoms with Crippen molar-refractivity contribution >= 4 is 58.2 Å². The van der Waals surface area contributed by atoms with E-state index in [2.05, 4.69) is 14.4 Å². The molecule has 17 heteroatoms. The van der Waals surface area contributed by atoms with Gasteiger partial charge in [-0.3, -0.25) is 4.18 Å². The molecule has 0 unspecified atom stereocenters. The van der Waals surface area contributed by atoms with Crippen LogP contribution in [0.4, 0.5) is 17.1 Å². The summed E-state index contributed by atoms with van der Waals surface area (Å²) in [4.78, 5) is -0.554. The van der Waals surface area contributed by atoms with Crippen LogP contribution >= 0.6 is 0 Å². The second kappa shape index (κ2) is 12.5. The Labute approximate surface area is 246 Å². The van der Waals surface area contributed by atoms with Crippen LogP contribution in [-0.4, -0.2) is 46.7 Å². The fraction of sp³-hybridized carbons (Fsp3) is 0.111. The zero-order valence-corrected chi connectivity index (χ0v) is 24.9. The van der Waals surface area contributed by atoms with Gasteiger partial charge in [0, 0.05) is 5.39 Å². The van der Waals surface area contributed by atoms with Crippen molar-refractivity contribution in [3.8, 4) is 0 Å². The van der Waals surface area contributed by atoms with Crippen LogP contribution in [0.25, 0.3) is 10.8 Å². The number of nitrogen functional groups attached to an aromatic ring is 1. The van der Waals surface area contributed by atoms with Crippen molar-refractivity contribution in [2.75, 3.05) is 18.1 Å². The van der Waals surface area contributed by atoms with Crippen molar-refractivity contribution in [2.24, 2.45) is 10.2 Å². The number of sulfone groups is 1. The van der Waals surface area contributed by atoms with Gasteiger partial charge in [0.25, 0.3) is 0 Å². The monoisotopic (exact) mass is 559 g/mol. The first-order chi connectivity index (χ1) is 15.3. The van der Waals surface area contributed by atoms with E-state index in [1.54, 1.807) is 0 Å². The SMILES string of the molecule is Nc1ccc2cc(S(=O)(=O)[O-])ccc2c1N=Nc1ccc(S(=O)(=O)CCOS(=O)(=O)[O-])cc1.[Na+].[Na+]. The molecule has 0 bridgehead atoms. The van der Waals surface area contributed by atoms with Gasteiger partial charge in [0.15, 0.2) is 9.84 Å². The first-order valence-corrected chi connectivity index (χ1v) is 13.3. The van der Waals surface area contributed by atoms with E-state index in [1.165, 1.54) is 48.5 Å². The van der Waals surface area contributed by atoms with Gasteiger partial charge in [-0.25, -0.2) is 25.3 Å². The summed E-state index contributed by atoms with van der Waals surface area (Å²) in [6, 6.07) is 11.8. The van der Waals surface area contributed by atoms with Gasteiger partial charge in [-0.1, -0.05) is 12.1 Å². The number of anilines is 1. The summed E-state index contributed by atoms with van der Waals surface area (Å²) in [6.07, 6.45) is 0. The molecule has 0 heterocycles. The number of rotatable bonds is 8. The third-order valence-electron chi connectivity index (χ3n) is 4.32. The van der Waals surface area contributed by atoms with Crippen molar-refractivity contribution in [3.63, 3.8) is 0 Å². The maximum absolute atomic E-state index is 12.2. The molecule has 0 fully saturated rings. The largest absolute Gasteiger partial charge is 1.00 e. The Morgan fingerprint density at radius 3 is 1.97 bits per heavy atom. The van der Waals surface area contributed by atoms with Crippen LogP contribution in [0.15, 0.2) is 74.6 Å². The summed E-state index contributed by atoms with van der Waals surface area (Å²) in [5.41, 5.74) is 6.65. The van der Waals surface area contributed by atoms with Crippen LogP contribution in [0.3, 0.4) is 0 Å². The van der Waals surface area contributed by atoms with Gasteiger partial charge in [-0.15, -0.1) is 5.11 Å². The van der Waals surface area contributed by atoms with Crippen molar-refractivity contribution in [3.05, 3.63) is 54.6 Å². The fourth-order valence-electron chi connectivity index (χ4n) is 2.77. The Bertz CT molecular complexity index is 1560. The van der Waals surface area contributed by atoms with Crippen molar-refractivity contribution in [1.29, 1.82) is 0 Å².